The van der Waals surface area contributed by atoms with Crippen LogP contribution in [0.15, 0.2) is 11.1 Å². The van der Waals surface area contributed by atoms with Gasteiger partial charge in [0.1, 0.15) is 10.0 Å². The Bertz CT molecular complexity index is 426. The van der Waals surface area contributed by atoms with Crippen LogP contribution in [0.5, 0.6) is 0 Å². The minimum atomic E-state index is -0.288. The summed E-state index contributed by atoms with van der Waals surface area (Å²) >= 11 is 6.92. The number of aliphatic imine (C=N–C) groups is 1. The summed E-state index contributed by atoms with van der Waals surface area (Å²) in [5.74, 6) is 0.0719. The van der Waals surface area contributed by atoms with Crippen molar-refractivity contribution in [2.75, 3.05) is 0 Å². The van der Waals surface area contributed by atoms with E-state index in [0.717, 1.165) is 12.8 Å². The minimum Gasteiger partial charge on any atom is -0.406 e. The summed E-state index contributed by atoms with van der Waals surface area (Å²) < 4.78 is 9.11. The lowest BCUT2D eigenvalue weighted by molar-refractivity contribution is -0.135. The monoisotopic (exact) mass is 258 g/mol. The fourth-order valence-electron chi connectivity index (χ4n) is 1.04. The Hall–Kier alpha value is -0.940. The van der Waals surface area contributed by atoms with Crippen LogP contribution in [0.25, 0.3) is 0 Å². The summed E-state index contributed by atoms with van der Waals surface area (Å²) in [4.78, 5) is 16.3. The van der Waals surface area contributed by atoms with Gasteiger partial charge in [0.05, 0.1) is 6.04 Å². The molecule has 0 radical (unpaired) electrons. The zero-order valence-electron chi connectivity index (χ0n) is 8.77. The van der Waals surface area contributed by atoms with Gasteiger partial charge in [-0.05, 0) is 24.4 Å². The van der Waals surface area contributed by atoms with Gasteiger partial charge in [0, 0.05) is 12.5 Å². The van der Waals surface area contributed by atoms with Crippen LogP contribution in [0.1, 0.15) is 31.1 Å². The highest BCUT2D eigenvalue weighted by Gasteiger charge is 2.24. The van der Waals surface area contributed by atoms with Crippen LogP contribution in [-0.2, 0) is 9.53 Å². The Morgan fingerprint density at radius 3 is 3.00 bits per heavy atom. The molecule has 0 spiro atoms. The third-order valence-electron chi connectivity index (χ3n) is 2.04. The first-order valence-electron chi connectivity index (χ1n) is 5.10. The van der Waals surface area contributed by atoms with Crippen molar-refractivity contribution in [2.45, 2.75) is 32.2 Å². The third-order valence-corrected chi connectivity index (χ3v) is 3.11. The van der Waals surface area contributed by atoms with E-state index in [1.165, 1.54) is 11.5 Å². The van der Waals surface area contributed by atoms with Gasteiger partial charge in [-0.15, -0.1) is 0 Å². The quantitative estimate of drug-likeness (QED) is 0.476. The number of nitrogens with zero attached hydrogens (tertiary/aromatic N) is 2. The van der Waals surface area contributed by atoms with Crippen molar-refractivity contribution in [3.63, 3.8) is 0 Å². The van der Waals surface area contributed by atoms with Gasteiger partial charge in [0.15, 0.2) is 0 Å². The maximum Gasteiger partial charge on any atom is 0.312 e. The fourth-order valence-corrected chi connectivity index (χ4v) is 1.90. The van der Waals surface area contributed by atoms with Crippen LogP contribution in [0, 0.1) is 0 Å². The molecule has 0 aliphatic heterocycles. The van der Waals surface area contributed by atoms with Gasteiger partial charge in [-0.25, -0.2) is 4.99 Å². The number of hydrogen-bond donors (Lipinski definition) is 0. The molecule has 1 fully saturated rings. The molecule has 0 N–H and O–H groups in total. The molecule has 0 unspecified atom stereocenters. The SMILES string of the molecule is CCC(=O)OC(=NC1CC1)c1cc(Cl)ns1. The lowest BCUT2D eigenvalue weighted by Crippen LogP contribution is -2.12. The second-order valence-electron chi connectivity index (χ2n) is 3.51. The third kappa shape index (κ3) is 3.02. The number of rotatable bonds is 3. The lowest BCUT2D eigenvalue weighted by atomic mass is 10.4. The second-order valence-corrected chi connectivity index (χ2v) is 4.70. The Kier molecular flexibility index (Phi) is 3.56. The number of carbonyl (C=O) groups excluding carboxylic acids is 1. The summed E-state index contributed by atoms with van der Waals surface area (Å²) in [6.07, 6.45) is 2.44. The number of hydrogen-bond acceptors (Lipinski definition) is 5. The average molecular weight is 259 g/mol. The molecule has 1 aromatic heterocycles. The molecule has 4 nitrogen and oxygen atoms in total. The van der Waals surface area contributed by atoms with Gasteiger partial charge >= 0.3 is 5.97 Å². The highest BCUT2D eigenvalue weighted by molar-refractivity contribution is 7.08. The lowest BCUT2D eigenvalue weighted by Gasteiger charge is -2.03. The Balaban J connectivity index is 2.17. The summed E-state index contributed by atoms with van der Waals surface area (Å²) in [5, 5.41) is 0.399. The zero-order valence-corrected chi connectivity index (χ0v) is 10.3. The van der Waals surface area contributed by atoms with Crippen molar-refractivity contribution in [3.8, 4) is 0 Å². The first-order valence-corrected chi connectivity index (χ1v) is 6.25. The highest BCUT2D eigenvalue weighted by atomic mass is 35.5. The first kappa shape index (κ1) is 11.5. The van der Waals surface area contributed by atoms with Gasteiger partial charge in [-0.1, -0.05) is 18.5 Å². The Labute approximate surface area is 102 Å². The van der Waals surface area contributed by atoms with Gasteiger partial charge in [0.2, 0.25) is 5.90 Å². The van der Waals surface area contributed by atoms with Gasteiger partial charge in [-0.2, -0.15) is 4.37 Å². The van der Waals surface area contributed by atoms with E-state index in [9.17, 15) is 4.79 Å². The first-order chi connectivity index (χ1) is 7.69. The van der Waals surface area contributed by atoms with Crippen molar-refractivity contribution in [2.24, 2.45) is 4.99 Å². The second kappa shape index (κ2) is 4.93. The van der Waals surface area contributed by atoms with E-state index in [1.54, 1.807) is 13.0 Å². The normalized spacial score (nSPS) is 16.2. The van der Waals surface area contributed by atoms with Crippen LogP contribution in [0.2, 0.25) is 5.15 Å². The molecule has 6 heteroatoms. The minimum absolute atomic E-state index is 0.288. The van der Waals surface area contributed by atoms with Crippen molar-refractivity contribution < 1.29 is 9.53 Å². The molecule has 0 atom stereocenters. The van der Waals surface area contributed by atoms with Crippen LogP contribution in [-0.4, -0.2) is 22.3 Å². The van der Waals surface area contributed by atoms with Crippen LogP contribution >= 0.6 is 23.1 Å². The van der Waals surface area contributed by atoms with Crippen molar-refractivity contribution >= 4 is 35.0 Å². The number of esters is 1. The molecule has 1 aliphatic rings. The molecule has 0 saturated heterocycles. The predicted molar refractivity (Wildman–Crippen MR) is 63.1 cm³/mol. The molecule has 0 amide bonds. The fraction of sp³-hybridized carbons (Fsp3) is 0.500. The molecule has 1 aliphatic carbocycles. The van der Waals surface area contributed by atoms with Gasteiger partial charge in [-0.3, -0.25) is 4.79 Å². The van der Waals surface area contributed by atoms with E-state index < -0.39 is 0 Å². The largest absolute Gasteiger partial charge is 0.406 e. The maximum absolute atomic E-state index is 11.3. The molecular weight excluding hydrogens is 248 g/mol. The van der Waals surface area contributed by atoms with E-state index >= 15 is 0 Å². The molecule has 1 heterocycles. The van der Waals surface area contributed by atoms with Crippen LogP contribution in [0.3, 0.4) is 0 Å². The van der Waals surface area contributed by atoms with E-state index in [1.807, 2.05) is 0 Å². The van der Waals surface area contributed by atoms with E-state index in [2.05, 4.69) is 9.37 Å². The number of ether oxygens (including phenoxy) is 1. The van der Waals surface area contributed by atoms with Crippen molar-refractivity contribution in [3.05, 3.63) is 16.1 Å². The molecular formula is C10H11ClN2O2S. The predicted octanol–water partition coefficient (Wildman–Crippen LogP) is 2.66. The molecule has 0 aromatic carbocycles. The van der Waals surface area contributed by atoms with Crippen LogP contribution in [0.4, 0.5) is 0 Å². The van der Waals surface area contributed by atoms with Gasteiger partial charge < -0.3 is 4.74 Å². The Morgan fingerprint density at radius 1 is 1.75 bits per heavy atom. The van der Waals surface area contributed by atoms with E-state index in [0.29, 0.717) is 28.4 Å². The van der Waals surface area contributed by atoms with Crippen molar-refractivity contribution in [1.29, 1.82) is 0 Å². The average Bonchev–Trinajstić information content (AvgIpc) is 2.98. The number of carbonyl (C=O) groups is 1. The zero-order chi connectivity index (χ0) is 11.5. The van der Waals surface area contributed by atoms with E-state index in [-0.39, 0.29) is 5.97 Å². The molecule has 86 valence electrons. The van der Waals surface area contributed by atoms with Crippen molar-refractivity contribution in [1.82, 2.24) is 4.37 Å². The maximum atomic E-state index is 11.3. The molecule has 1 aromatic rings. The molecule has 1 saturated carbocycles. The molecule has 2 rings (SSSR count). The summed E-state index contributed by atoms with van der Waals surface area (Å²) in [7, 11) is 0. The topological polar surface area (TPSA) is 51.5 Å². The standard InChI is InChI=1S/C10H11ClN2O2S/c1-2-9(14)15-10(12-6-3-4-6)7-5-8(11)13-16-7/h5-6H,2-4H2,1H3. The summed E-state index contributed by atoms with van der Waals surface area (Å²) in [6, 6.07) is 1.96. The molecule has 16 heavy (non-hydrogen) atoms. The highest BCUT2D eigenvalue weighted by Crippen LogP contribution is 2.26. The van der Waals surface area contributed by atoms with Gasteiger partial charge in [0.25, 0.3) is 0 Å². The Morgan fingerprint density at radius 2 is 2.50 bits per heavy atom. The number of aromatic nitrogens is 1. The number of halogens is 1. The smallest absolute Gasteiger partial charge is 0.312 e. The van der Waals surface area contributed by atoms with E-state index in [4.69, 9.17) is 16.3 Å². The summed E-state index contributed by atoms with van der Waals surface area (Å²) in [6.45, 7) is 1.75. The summed E-state index contributed by atoms with van der Waals surface area (Å²) in [5.41, 5.74) is 0. The molecule has 0 bridgehead atoms. The van der Waals surface area contributed by atoms with Crippen LogP contribution < -0.4 is 0 Å².